The monoisotopic (exact) mass is 311 g/mol. The Morgan fingerprint density at radius 1 is 1.55 bits per heavy atom. The molecule has 1 aromatic carbocycles. The van der Waals surface area contributed by atoms with Gasteiger partial charge in [-0.05, 0) is 24.6 Å². The van der Waals surface area contributed by atoms with Gasteiger partial charge in [0.2, 0.25) is 5.91 Å². The van der Waals surface area contributed by atoms with Crippen molar-refractivity contribution in [3.05, 3.63) is 46.0 Å². The first-order valence-corrected chi connectivity index (χ1v) is 7.52. The molecule has 0 N–H and O–H groups in total. The van der Waals surface area contributed by atoms with Crippen LogP contribution >= 0.6 is 23.4 Å². The van der Waals surface area contributed by atoms with Crippen molar-refractivity contribution in [3.8, 4) is 0 Å². The molecule has 106 valence electrons. The van der Waals surface area contributed by atoms with E-state index < -0.39 is 5.97 Å². The minimum Gasteiger partial charge on any atom is -0.463 e. The van der Waals surface area contributed by atoms with Gasteiger partial charge in [0, 0.05) is 5.02 Å². The standard InChI is InChI=1S/C14H14ClNO3S/c1-2-19-14(18)7-13-16(12(17)9-20-13)8-10-4-3-5-11(15)6-10/h3-7H,2,8-9H2,1H3/b13-7-. The van der Waals surface area contributed by atoms with E-state index in [-0.39, 0.29) is 5.91 Å². The number of ether oxygens (including phenoxy) is 1. The van der Waals surface area contributed by atoms with Gasteiger partial charge in [-0.2, -0.15) is 0 Å². The Labute approximate surface area is 126 Å². The fourth-order valence-electron chi connectivity index (χ4n) is 1.80. The second-order valence-electron chi connectivity index (χ2n) is 4.13. The molecule has 20 heavy (non-hydrogen) atoms. The van der Waals surface area contributed by atoms with Crippen molar-refractivity contribution in [1.82, 2.24) is 4.90 Å². The van der Waals surface area contributed by atoms with Gasteiger partial charge in [-0.15, -0.1) is 0 Å². The maximum absolute atomic E-state index is 11.9. The summed E-state index contributed by atoms with van der Waals surface area (Å²) in [5.41, 5.74) is 0.920. The van der Waals surface area contributed by atoms with Crippen molar-refractivity contribution in [3.63, 3.8) is 0 Å². The number of carbonyl (C=O) groups excluding carboxylic acids is 2. The van der Waals surface area contributed by atoms with Crippen LogP contribution in [0.1, 0.15) is 12.5 Å². The Bertz CT molecular complexity index is 559. The van der Waals surface area contributed by atoms with Crippen molar-refractivity contribution < 1.29 is 14.3 Å². The summed E-state index contributed by atoms with van der Waals surface area (Å²) in [7, 11) is 0. The molecule has 0 aliphatic carbocycles. The molecular weight excluding hydrogens is 298 g/mol. The molecule has 0 saturated carbocycles. The number of halogens is 1. The molecule has 1 fully saturated rings. The molecule has 1 heterocycles. The molecule has 1 amide bonds. The van der Waals surface area contributed by atoms with E-state index in [9.17, 15) is 9.59 Å². The molecule has 6 heteroatoms. The Morgan fingerprint density at radius 3 is 3.05 bits per heavy atom. The van der Waals surface area contributed by atoms with Crippen LogP contribution in [0.5, 0.6) is 0 Å². The molecule has 1 saturated heterocycles. The lowest BCUT2D eigenvalue weighted by atomic mass is 10.2. The highest BCUT2D eigenvalue weighted by atomic mass is 35.5. The largest absolute Gasteiger partial charge is 0.463 e. The molecule has 0 unspecified atom stereocenters. The summed E-state index contributed by atoms with van der Waals surface area (Å²) in [6, 6.07) is 7.31. The average Bonchev–Trinajstić information content (AvgIpc) is 2.72. The van der Waals surface area contributed by atoms with Crippen LogP contribution < -0.4 is 0 Å². The van der Waals surface area contributed by atoms with E-state index in [4.69, 9.17) is 16.3 Å². The van der Waals surface area contributed by atoms with E-state index in [0.717, 1.165) is 5.56 Å². The molecular formula is C14H14ClNO3S. The second-order valence-corrected chi connectivity index (χ2v) is 5.57. The lowest BCUT2D eigenvalue weighted by Crippen LogP contribution is -2.24. The van der Waals surface area contributed by atoms with E-state index in [1.165, 1.54) is 17.8 Å². The third-order valence-electron chi connectivity index (χ3n) is 2.67. The summed E-state index contributed by atoms with van der Waals surface area (Å²) in [5, 5.41) is 1.24. The number of hydrogen-bond donors (Lipinski definition) is 0. The quantitative estimate of drug-likeness (QED) is 0.633. The zero-order chi connectivity index (χ0) is 14.5. The van der Waals surface area contributed by atoms with E-state index in [0.29, 0.717) is 29.0 Å². The molecule has 0 aromatic heterocycles. The highest BCUT2D eigenvalue weighted by Gasteiger charge is 2.27. The summed E-state index contributed by atoms with van der Waals surface area (Å²) >= 11 is 7.27. The Morgan fingerprint density at radius 2 is 2.35 bits per heavy atom. The first-order valence-electron chi connectivity index (χ1n) is 6.16. The molecule has 2 rings (SSSR count). The number of amides is 1. The van der Waals surface area contributed by atoms with Crippen molar-refractivity contribution in [2.75, 3.05) is 12.4 Å². The van der Waals surface area contributed by atoms with Gasteiger partial charge in [-0.25, -0.2) is 4.79 Å². The molecule has 0 bridgehead atoms. The maximum Gasteiger partial charge on any atom is 0.333 e. The first kappa shape index (κ1) is 14.9. The highest BCUT2D eigenvalue weighted by molar-refractivity contribution is 8.04. The number of benzene rings is 1. The van der Waals surface area contributed by atoms with Crippen LogP contribution in [0.3, 0.4) is 0 Å². The van der Waals surface area contributed by atoms with Crippen LogP contribution in [0.4, 0.5) is 0 Å². The fourth-order valence-corrected chi connectivity index (χ4v) is 2.94. The molecule has 0 atom stereocenters. The Kier molecular flexibility index (Phi) is 5.09. The van der Waals surface area contributed by atoms with Crippen LogP contribution in [0.15, 0.2) is 35.4 Å². The van der Waals surface area contributed by atoms with E-state index in [1.54, 1.807) is 24.0 Å². The van der Waals surface area contributed by atoms with E-state index in [1.807, 2.05) is 12.1 Å². The van der Waals surface area contributed by atoms with Gasteiger partial charge in [0.25, 0.3) is 0 Å². The molecule has 0 spiro atoms. The second kappa shape index (κ2) is 6.81. The van der Waals surface area contributed by atoms with Gasteiger partial charge in [0.05, 0.1) is 30.0 Å². The smallest absolute Gasteiger partial charge is 0.333 e. The first-order chi connectivity index (χ1) is 9.60. The normalized spacial score (nSPS) is 16.8. The summed E-state index contributed by atoms with van der Waals surface area (Å²) in [6.07, 6.45) is 1.36. The van der Waals surface area contributed by atoms with E-state index >= 15 is 0 Å². The molecule has 1 aliphatic heterocycles. The molecule has 4 nitrogen and oxygen atoms in total. The minimum absolute atomic E-state index is 0.0227. The van der Waals surface area contributed by atoms with Gasteiger partial charge in [-0.1, -0.05) is 35.5 Å². The molecule has 0 radical (unpaired) electrons. The molecule has 1 aliphatic rings. The van der Waals surface area contributed by atoms with Crippen molar-refractivity contribution in [2.45, 2.75) is 13.5 Å². The number of carbonyl (C=O) groups is 2. The zero-order valence-corrected chi connectivity index (χ0v) is 12.5. The van der Waals surface area contributed by atoms with Crippen molar-refractivity contribution >= 4 is 35.2 Å². The highest BCUT2D eigenvalue weighted by Crippen LogP contribution is 2.30. The van der Waals surface area contributed by atoms with E-state index in [2.05, 4.69) is 0 Å². The Balaban J connectivity index is 2.15. The van der Waals surface area contributed by atoms with Crippen LogP contribution in [0.25, 0.3) is 0 Å². The summed E-state index contributed by atoms with van der Waals surface area (Å²) in [5.74, 6) is -0.113. The van der Waals surface area contributed by atoms with Crippen molar-refractivity contribution in [1.29, 1.82) is 0 Å². The Hall–Kier alpha value is -1.46. The summed E-state index contributed by atoms with van der Waals surface area (Å²) < 4.78 is 4.87. The number of rotatable bonds is 4. The van der Waals surface area contributed by atoms with Gasteiger partial charge in [0.1, 0.15) is 0 Å². The minimum atomic E-state index is -0.430. The van der Waals surface area contributed by atoms with Crippen LogP contribution in [-0.2, 0) is 20.9 Å². The summed E-state index contributed by atoms with van der Waals surface area (Å²) in [4.78, 5) is 25.0. The number of nitrogens with zero attached hydrogens (tertiary/aromatic N) is 1. The number of hydrogen-bond acceptors (Lipinski definition) is 4. The van der Waals surface area contributed by atoms with Gasteiger partial charge < -0.3 is 9.64 Å². The third-order valence-corrected chi connectivity index (χ3v) is 3.93. The number of thioether (sulfide) groups is 1. The van der Waals surface area contributed by atoms with Gasteiger partial charge in [0.15, 0.2) is 0 Å². The van der Waals surface area contributed by atoms with Crippen molar-refractivity contribution in [2.24, 2.45) is 0 Å². The SMILES string of the molecule is CCOC(=O)/C=C1\SCC(=O)N1Cc1cccc(Cl)c1. The molecule has 1 aromatic rings. The van der Waals surface area contributed by atoms with Crippen LogP contribution in [-0.4, -0.2) is 29.1 Å². The van der Waals surface area contributed by atoms with Crippen LogP contribution in [0, 0.1) is 0 Å². The topological polar surface area (TPSA) is 46.6 Å². The lowest BCUT2D eigenvalue weighted by molar-refractivity contribution is -0.137. The average molecular weight is 312 g/mol. The predicted molar refractivity (Wildman–Crippen MR) is 79.2 cm³/mol. The van der Waals surface area contributed by atoms with Crippen LogP contribution in [0.2, 0.25) is 5.02 Å². The van der Waals surface area contributed by atoms with Gasteiger partial charge in [-0.3, -0.25) is 4.79 Å². The maximum atomic E-state index is 11.9. The summed E-state index contributed by atoms with van der Waals surface area (Å²) in [6.45, 7) is 2.46. The zero-order valence-electron chi connectivity index (χ0n) is 11.0. The van der Waals surface area contributed by atoms with Gasteiger partial charge >= 0.3 is 5.97 Å². The lowest BCUT2D eigenvalue weighted by Gasteiger charge is -2.17. The fraction of sp³-hybridized carbons (Fsp3) is 0.286. The predicted octanol–water partition coefficient (Wildman–Crippen LogP) is 2.82. The number of esters is 1. The third kappa shape index (κ3) is 3.77.